The molecule has 118 valence electrons. The van der Waals surface area contributed by atoms with Crippen molar-refractivity contribution in [2.24, 2.45) is 0 Å². The lowest BCUT2D eigenvalue weighted by Gasteiger charge is -2.22. The number of rotatable bonds is 4. The Morgan fingerprint density at radius 1 is 0.652 bits per heavy atom. The molecule has 0 fully saturated rings. The number of hydrogen-bond acceptors (Lipinski definition) is 0. The normalized spacial score (nSPS) is 11.4. The molecule has 0 amide bonds. The van der Waals surface area contributed by atoms with Gasteiger partial charge in [0.05, 0.1) is 11.4 Å². The summed E-state index contributed by atoms with van der Waals surface area (Å²) in [7, 11) is 0. The van der Waals surface area contributed by atoms with Crippen molar-refractivity contribution in [3.63, 3.8) is 0 Å². The second-order valence-electron chi connectivity index (χ2n) is 6.72. The summed E-state index contributed by atoms with van der Waals surface area (Å²) in [6, 6.07) is 21.7. The molecular weight excluding hydrogens is 278 g/mol. The van der Waals surface area contributed by atoms with E-state index in [0.717, 1.165) is 0 Å². The molecule has 1 heteroatoms. The van der Waals surface area contributed by atoms with Gasteiger partial charge in [0.15, 0.2) is 0 Å². The van der Waals surface area contributed by atoms with E-state index in [9.17, 15) is 0 Å². The van der Waals surface area contributed by atoms with E-state index >= 15 is 0 Å². The highest BCUT2D eigenvalue weighted by Gasteiger charge is 2.17. The highest BCUT2D eigenvalue weighted by atomic mass is 15.0. The summed E-state index contributed by atoms with van der Waals surface area (Å²) in [6.45, 7) is 9.09. The molecule has 0 saturated carbocycles. The van der Waals surface area contributed by atoms with E-state index in [2.05, 4.69) is 99.1 Å². The Morgan fingerprint density at radius 2 is 1.26 bits per heavy atom. The van der Waals surface area contributed by atoms with Crippen molar-refractivity contribution in [2.45, 2.75) is 39.5 Å². The topological polar surface area (TPSA) is 4.93 Å². The molecule has 0 aliphatic heterocycles. The molecule has 3 rings (SSSR count). The van der Waals surface area contributed by atoms with Gasteiger partial charge in [0, 0.05) is 6.20 Å². The number of aromatic nitrogens is 1. The SMILES string of the molecule is CC(C)c1cccc(C(C)C)c1-n1cccc1-c1ccccc1. The van der Waals surface area contributed by atoms with Crippen LogP contribution < -0.4 is 0 Å². The smallest absolute Gasteiger partial charge is 0.0528 e. The molecule has 0 N–H and O–H groups in total. The van der Waals surface area contributed by atoms with Crippen molar-refractivity contribution in [1.29, 1.82) is 0 Å². The molecule has 0 saturated heterocycles. The Labute approximate surface area is 139 Å². The lowest BCUT2D eigenvalue weighted by atomic mass is 9.92. The monoisotopic (exact) mass is 303 g/mol. The summed E-state index contributed by atoms with van der Waals surface area (Å²) in [6.07, 6.45) is 2.19. The Balaban J connectivity index is 2.26. The van der Waals surface area contributed by atoms with Crippen LogP contribution in [0.25, 0.3) is 16.9 Å². The molecular formula is C22H25N. The molecule has 0 aliphatic rings. The molecule has 2 aromatic carbocycles. The van der Waals surface area contributed by atoms with Crippen LogP contribution in [0.5, 0.6) is 0 Å². The second kappa shape index (κ2) is 6.45. The van der Waals surface area contributed by atoms with Gasteiger partial charge < -0.3 is 4.57 Å². The molecule has 0 radical (unpaired) electrons. The first-order chi connectivity index (χ1) is 11.1. The number of benzene rings is 2. The lowest BCUT2D eigenvalue weighted by Crippen LogP contribution is -2.07. The molecule has 0 bridgehead atoms. The zero-order valence-electron chi connectivity index (χ0n) is 14.5. The fraction of sp³-hybridized carbons (Fsp3) is 0.273. The number of hydrogen-bond donors (Lipinski definition) is 0. The predicted octanol–water partition coefficient (Wildman–Crippen LogP) is 6.39. The molecule has 3 aromatic rings. The Morgan fingerprint density at radius 3 is 1.83 bits per heavy atom. The van der Waals surface area contributed by atoms with Crippen molar-refractivity contribution in [3.8, 4) is 16.9 Å². The van der Waals surface area contributed by atoms with Crippen LogP contribution in [0.15, 0.2) is 66.9 Å². The van der Waals surface area contributed by atoms with Crippen molar-refractivity contribution in [2.75, 3.05) is 0 Å². The lowest BCUT2D eigenvalue weighted by molar-refractivity contribution is 0.808. The standard InChI is InChI=1S/C22H25N/c1-16(2)19-12-8-13-20(17(3)4)22(19)23-15-9-14-21(23)18-10-6-5-7-11-18/h5-17H,1-4H3. The summed E-state index contributed by atoms with van der Waals surface area (Å²) < 4.78 is 2.36. The fourth-order valence-electron chi connectivity index (χ4n) is 3.21. The van der Waals surface area contributed by atoms with Gasteiger partial charge in [-0.3, -0.25) is 0 Å². The Hall–Kier alpha value is -2.28. The summed E-state index contributed by atoms with van der Waals surface area (Å²) in [5.74, 6) is 0.990. The number of nitrogens with zero attached hydrogens (tertiary/aromatic N) is 1. The molecule has 1 nitrogen and oxygen atoms in total. The van der Waals surface area contributed by atoms with Crippen LogP contribution in [0.2, 0.25) is 0 Å². The first-order valence-corrected chi connectivity index (χ1v) is 8.45. The summed E-state index contributed by atoms with van der Waals surface area (Å²) >= 11 is 0. The van der Waals surface area contributed by atoms with Gasteiger partial charge in [-0.1, -0.05) is 76.2 Å². The third kappa shape index (κ3) is 2.96. The second-order valence-corrected chi connectivity index (χ2v) is 6.72. The van der Waals surface area contributed by atoms with Gasteiger partial charge in [-0.2, -0.15) is 0 Å². The summed E-state index contributed by atoms with van der Waals surface area (Å²) in [4.78, 5) is 0. The minimum Gasteiger partial charge on any atom is -0.316 e. The average molecular weight is 303 g/mol. The van der Waals surface area contributed by atoms with Crippen LogP contribution in [0.3, 0.4) is 0 Å². The zero-order chi connectivity index (χ0) is 16.4. The molecule has 0 atom stereocenters. The molecule has 0 unspecified atom stereocenters. The van der Waals surface area contributed by atoms with Gasteiger partial charge in [-0.25, -0.2) is 0 Å². The van der Waals surface area contributed by atoms with E-state index in [0.29, 0.717) is 11.8 Å². The van der Waals surface area contributed by atoms with Crippen LogP contribution in [0.4, 0.5) is 0 Å². The maximum Gasteiger partial charge on any atom is 0.0528 e. The summed E-state index contributed by atoms with van der Waals surface area (Å²) in [5, 5.41) is 0. The van der Waals surface area contributed by atoms with Gasteiger partial charge >= 0.3 is 0 Å². The third-order valence-corrected chi connectivity index (χ3v) is 4.40. The van der Waals surface area contributed by atoms with Crippen LogP contribution >= 0.6 is 0 Å². The van der Waals surface area contributed by atoms with E-state index in [1.165, 1.54) is 28.1 Å². The van der Waals surface area contributed by atoms with E-state index < -0.39 is 0 Å². The van der Waals surface area contributed by atoms with E-state index in [1.807, 2.05) is 0 Å². The molecule has 23 heavy (non-hydrogen) atoms. The van der Waals surface area contributed by atoms with Gasteiger partial charge in [0.25, 0.3) is 0 Å². The van der Waals surface area contributed by atoms with Gasteiger partial charge in [-0.15, -0.1) is 0 Å². The minimum absolute atomic E-state index is 0.495. The molecule has 1 heterocycles. The third-order valence-electron chi connectivity index (χ3n) is 4.40. The van der Waals surface area contributed by atoms with Crippen molar-refractivity contribution in [3.05, 3.63) is 78.0 Å². The first kappa shape index (κ1) is 15.6. The fourth-order valence-corrected chi connectivity index (χ4v) is 3.21. The largest absolute Gasteiger partial charge is 0.316 e. The minimum atomic E-state index is 0.495. The summed E-state index contributed by atoms with van der Waals surface area (Å²) in [5.41, 5.74) is 6.67. The van der Waals surface area contributed by atoms with Gasteiger partial charge in [0.2, 0.25) is 0 Å². The zero-order valence-corrected chi connectivity index (χ0v) is 14.5. The maximum absolute atomic E-state index is 2.36. The van der Waals surface area contributed by atoms with E-state index in [4.69, 9.17) is 0 Å². The van der Waals surface area contributed by atoms with Crippen molar-refractivity contribution < 1.29 is 0 Å². The first-order valence-electron chi connectivity index (χ1n) is 8.45. The predicted molar refractivity (Wildman–Crippen MR) is 99.4 cm³/mol. The van der Waals surface area contributed by atoms with Gasteiger partial charge in [-0.05, 0) is 40.7 Å². The van der Waals surface area contributed by atoms with Gasteiger partial charge in [0.1, 0.15) is 0 Å². The van der Waals surface area contributed by atoms with Crippen LogP contribution in [0.1, 0.15) is 50.7 Å². The Kier molecular flexibility index (Phi) is 4.38. The Bertz CT molecular complexity index is 752. The highest BCUT2D eigenvalue weighted by Crippen LogP contribution is 2.34. The average Bonchev–Trinajstić information content (AvgIpc) is 3.04. The molecule has 1 aromatic heterocycles. The maximum atomic E-state index is 2.36. The van der Waals surface area contributed by atoms with Crippen molar-refractivity contribution >= 4 is 0 Å². The van der Waals surface area contributed by atoms with Crippen LogP contribution in [-0.4, -0.2) is 4.57 Å². The highest BCUT2D eigenvalue weighted by molar-refractivity contribution is 5.65. The van der Waals surface area contributed by atoms with E-state index in [1.54, 1.807) is 0 Å². The van der Waals surface area contributed by atoms with Crippen LogP contribution in [0, 0.1) is 0 Å². The molecule has 0 aliphatic carbocycles. The quantitative estimate of drug-likeness (QED) is 0.526. The van der Waals surface area contributed by atoms with E-state index in [-0.39, 0.29) is 0 Å². The van der Waals surface area contributed by atoms with Crippen LogP contribution in [-0.2, 0) is 0 Å². The molecule has 0 spiro atoms. The number of para-hydroxylation sites is 1. The van der Waals surface area contributed by atoms with Crippen molar-refractivity contribution in [1.82, 2.24) is 4.57 Å².